The fourth-order valence-corrected chi connectivity index (χ4v) is 8.49. The number of unbranched alkanes of at least 4 members (excludes halogenated alkanes) is 33. The van der Waals surface area contributed by atoms with Crippen molar-refractivity contribution in [2.75, 3.05) is 13.2 Å². The van der Waals surface area contributed by atoms with Crippen LogP contribution in [0.5, 0.6) is 0 Å². The Kier molecular flexibility index (Phi) is 55.3. The molecule has 0 aromatic heterocycles. The fraction of sp³-hybridized carbons (Fsp3) is 0.794. The highest BCUT2D eigenvalue weighted by atomic mass is 16.6. The van der Waals surface area contributed by atoms with Crippen molar-refractivity contribution < 1.29 is 28.6 Å². The third kappa shape index (κ3) is 55.9. The Hall–Kier alpha value is -2.89. The lowest BCUT2D eigenvalue weighted by molar-refractivity contribution is -0.167. The standard InChI is InChI=1S/C63H112O6/c1-4-7-10-13-16-19-22-25-28-30-31-33-35-38-41-44-47-50-53-56-62(65)68-59-60(58-67-61(64)55-52-49-46-43-40-37-34-27-24-21-18-15-12-9-6-3)69-63(66)57-54-51-48-45-42-39-36-32-29-26-23-20-17-14-11-8-5-2/h17,20-21,24,26,29,36,39,45,48,60H,4-16,18-19,22-23,25,27-28,30-35,37-38,40-44,46-47,49-59H2,1-3H3/b20-17-,24-21-,29-26-,39-36-,48-45-/t60-/m1/s1. The molecule has 6 nitrogen and oxygen atoms in total. The van der Waals surface area contributed by atoms with E-state index >= 15 is 0 Å². The van der Waals surface area contributed by atoms with Gasteiger partial charge in [0.25, 0.3) is 0 Å². The number of carbonyl (C=O) groups excluding carboxylic acids is 3. The molecule has 6 heteroatoms. The molecule has 0 unspecified atom stereocenters. The molecule has 1 atom stereocenters. The molecule has 0 aromatic rings. The lowest BCUT2D eigenvalue weighted by Crippen LogP contribution is -2.30. The monoisotopic (exact) mass is 965 g/mol. The number of carbonyl (C=O) groups is 3. The average Bonchev–Trinajstić information content (AvgIpc) is 3.35. The minimum absolute atomic E-state index is 0.0943. The number of ether oxygens (including phenoxy) is 3. The topological polar surface area (TPSA) is 78.9 Å². The van der Waals surface area contributed by atoms with Crippen LogP contribution in [0.3, 0.4) is 0 Å². The van der Waals surface area contributed by atoms with Gasteiger partial charge in [0.2, 0.25) is 0 Å². The average molecular weight is 966 g/mol. The summed E-state index contributed by atoms with van der Waals surface area (Å²) in [6.45, 7) is 6.59. The van der Waals surface area contributed by atoms with Crippen molar-refractivity contribution in [1.82, 2.24) is 0 Å². The Balaban J connectivity index is 4.42. The van der Waals surface area contributed by atoms with Gasteiger partial charge in [-0.15, -0.1) is 0 Å². The molecule has 0 rings (SSSR count). The summed E-state index contributed by atoms with van der Waals surface area (Å²) in [7, 11) is 0. The van der Waals surface area contributed by atoms with Crippen LogP contribution < -0.4 is 0 Å². The van der Waals surface area contributed by atoms with Gasteiger partial charge in [0.1, 0.15) is 13.2 Å². The summed E-state index contributed by atoms with van der Waals surface area (Å²) in [5.41, 5.74) is 0. The molecule has 0 bridgehead atoms. The van der Waals surface area contributed by atoms with Gasteiger partial charge in [-0.1, -0.05) is 261 Å². The van der Waals surface area contributed by atoms with E-state index in [0.29, 0.717) is 19.3 Å². The molecule has 69 heavy (non-hydrogen) atoms. The molecule has 0 aliphatic rings. The minimum Gasteiger partial charge on any atom is -0.462 e. The van der Waals surface area contributed by atoms with Gasteiger partial charge in [-0.05, 0) is 83.5 Å². The summed E-state index contributed by atoms with van der Waals surface area (Å²) in [6, 6.07) is 0. The quantitative estimate of drug-likeness (QED) is 0.0262. The van der Waals surface area contributed by atoms with Crippen molar-refractivity contribution in [2.24, 2.45) is 0 Å². The first-order valence-corrected chi connectivity index (χ1v) is 29.8. The summed E-state index contributed by atoms with van der Waals surface area (Å²) in [5, 5.41) is 0. The normalized spacial score (nSPS) is 12.4. The van der Waals surface area contributed by atoms with E-state index in [1.54, 1.807) is 0 Å². The summed E-state index contributed by atoms with van der Waals surface area (Å²) >= 11 is 0. The highest BCUT2D eigenvalue weighted by Crippen LogP contribution is 2.16. The van der Waals surface area contributed by atoms with E-state index in [-0.39, 0.29) is 37.5 Å². The van der Waals surface area contributed by atoms with Crippen LogP contribution in [0.2, 0.25) is 0 Å². The highest BCUT2D eigenvalue weighted by Gasteiger charge is 2.19. The van der Waals surface area contributed by atoms with E-state index in [1.807, 2.05) is 0 Å². The lowest BCUT2D eigenvalue weighted by atomic mass is 10.0. The Morgan fingerprint density at radius 1 is 0.290 bits per heavy atom. The lowest BCUT2D eigenvalue weighted by Gasteiger charge is -2.18. The molecule has 0 aliphatic heterocycles. The van der Waals surface area contributed by atoms with Crippen LogP contribution in [-0.4, -0.2) is 37.2 Å². The van der Waals surface area contributed by atoms with Crippen LogP contribution in [0.25, 0.3) is 0 Å². The minimum atomic E-state index is -0.803. The molecule has 0 amide bonds. The molecule has 0 aliphatic carbocycles. The van der Waals surface area contributed by atoms with Gasteiger partial charge in [-0.2, -0.15) is 0 Å². The van der Waals surface area contributed by atoms with Crippen molar-refractivity contribution in [3.8, 4) is 0 Å². The van der Waals surface area contributed by atoms with Gasteiger partial charge in [-0.25, -0.2) is 0 Å². The van der Waals surface area contributed by atoms with Crippen molar-refractivity contribution in [2.45, 2.75) is 309 Å². The van der Waals surface area contributed by atoms with Crippen LogP contribution in [0, 0.1) is 0 Å². The SMILES string of the molecule is CCCCC/C=C\C/C=C\C/C=C\C/C=C\CCCC(=O)O[C@H](COC(=O)CCCCCCCCC/C=C\CCCCCC)COC(=O)CCCCCCCCCCCCCCCCCCCCC. The molecule has 0 aromatic carbocycles. The van der Waals surface area contributed by atoms with Crippen LogP contribution in [0.4, 0.5) is 0 Å². The molecule has 0 radical (unpaired) electrons. The van der Waals surface area contributed by atoms with Crippen LogP contribution in [0.15, 0.2) is 60.8 Å². The van der Waals surface area contributed by atoms with Gasteiger partial charge in [0.15, 0.2) is 6.10 Å². The third-order valence-corrected chi connectivity index (χ3v) is 13.0. The first-order valence-electron chi connectivity index (χ1n) is 29.8. The van der Waals surface area contributed by atoms with Crippen LogP contribution in [-0.2, 0) is 28.6 Å². The van der Waals surface area contributed by atoms with E-state index in [1.165, 1.54) is 193 Å². The van der Waals surface area contributed by atoms with Gasteiger partial charge in [0.05, 0.1) is 0 Å². The smallest absolute Gasteiger partial charge is 0.306 e. The van der Waals surface area contributed by atoms with Crippen molar-refractivity contribution in [1.29, 1.82) is 0 Å². The summed E-state index contributed by atoms with van der Waals surface area (Å²) in [4.78, 5) is 38.2. The van der Waals surface area contributed by atoms with Crippen molar-refractivity contribution in [3.63, 3.8) is 0 Å². The maximum atomic E-state index is 12.8. The maximum Gasteiger partial charge on any atom is 0.306 e. The first kappa shape index (κ1) is 66.1. The molecule has 0 fully saturated rings. The highest BCUT2D eigenvalue weighted by molar-refractivity contribution is 5.71. The van der Waals surface area contributed by atoms with Gasteiger partial charge >= 0.3 is 17.9 Å². The number of rotatable bonds is 54. The zero-order chi connectivity index (χ0) is 50.0. The second-order valence-electron chi connectivity index (χ2n) is 19.9. The molecule has 0 saturated heterocycles. The van der Waals surface area contributed by atoms with E-state index in [9.17, 15) is 14.4 Å². The van der Waals surface area contributed by atoms with E-state index < -0.39 is 6.10 Å². The van der Waals surface area contributed by atoms with Gasteiger partial charge in [0, 0.05) is 19.3 Å². The zero-order valence-electron chi connectivity index (χ0n) is 45.8. The Labute approximate surface area is 428 Å². The summed E-state index contributed by atoms with van der Waals surface area (Å²) in [5.74, 6) is -0.942. The Morgan fingerprint density at radius 3 is 0.913 bits per heavy atom. The maximum absolute atomic E-state index is 12.8. The molecule has 0 heterocycles. The van der Waals surface area contributed by atoms with Gasteiger partial charge in [-0.3, -0.25) is 14.4 Å². The number of esters is 3. The first-order chi connectivity index (χ1) is 34.0. The summed E-state index contributed by atoms with van der Waals surface area (Å²) < 4.78 is 16.8. The van der Waals surface area contributed by atoms with Crippen LogP contribution in [0.1, 0.15) is 303 Å². The molecule has 400 valence electrons. The van der Waals surface area contributed by atoms with E-state index in [0.717, 1.165) is 64.2 Å². The molecular weight excluding hydrogens is 853 g/mol. The second-order valence-corrected chi connectivity index (χ2v) is 19.9. The van der Waals surface area contributed by atoms with Crippen molar-refractivity contribution in [3.05, 3.63) is 60.8 Å². The second kappa shape index (κ2) is 57.7. The van der Waals surface area contributed by atoms with Gasteiger partial charge < -0.3 is 14.2 Å². The number of allylic oxidation sites excluding steroid dienone is 10. The number of hydrogen-bond donors (Lipinski definition) is 0. The fourth-order valence-electron chi connectivity index (χ4n) is 8.49. The van der Waals surface area contributed by atoms with Crippen molar-refractivity contribution >= 4 is 17.9 Å². The molecular formula is C63H112O6. The molecule has 0 N–H and O–H groups in total. The van der Waals surface area contributed by atoms with E-state index in [2.05, 4.69) is 81.5 Å². The Bertz CT molecular complexity index is 1250. The Morgan fingerprint density at radius 2 is 0.536 bits per heavy atom. The third-order valence-electron chi connectivity index (χ3n) is 13.0. The predicted molar refractivity (Wildman–Crippen MR) is 298 cm³/mol. The summed E-state index contributed by atoms with van der Waals surface area (Å²) in [6.07, 6.45) is 72.2. The zero-order valence-corrected chi connectivity index (χ0v) is 45.8. The van der Waals surface area contributed by atoms with Crippen LogP contribution >= 0.6 is 0 Å². The molecule has 0 saturated carbocycles. The predicted octanol–water partition coefficient (Wildman–Crippen LogP) is 20.0. The number of hydrogen-bond acceptors (Lipinski definition) is 6. The molecule has 0 spiro atoms. The van der Waals surface area contributed by atoms with E-state index in [4.69, 9.17) is 14.2 Å². The largest absolute Gasteiger partial charge is 0.462 e.